The molecule has 0 radical (unpaired) electrons. The zero-order valence-corrected chi connectivity index (χ0v) is 12.9. The smallest absolute Gasteiger partial charge is 0.170 e. The Balaban J connectivity index is 2.21. The van der Waals surface area contributed by atoms with Crippen LogP contribution in [0.15, 0.2) is 18.2 Å². The summed E-state index contributed by atoms with van der Waals surface area (Å²) in [7, 11) is 0. The van der Waals surface area contributed by atoms with Crippen LogP contribution in [-0.2, 0) is 4.74 Å². The second kappa shape index (κ2) is 8.88. The maximum absolute atomic E-state index is 5.41. The number of aryl methyl sites for hydroxylation is 2. The van der Waals surface area contributed by atoms with Crippen LogP contribution >= 0.6 is 12.2 Å². The highest BCUT2D eigenvalue weighted by Gasteiger charge is 1.99. The second-order valence-electron chi connectivity index (χ2n) is 4.65. The highest BCUT2D eigenvalue weighted by molar-refractivity contribution is 7.80. The first-order valence-corrected chi connectivity index (χ1v) is 7.24. The van der Waals surface area contributed by atoms with E-state index in [0.29, 0.717) is 5.11 Å². The average molecular weight is 280 g/mol. The lowest BCUT2D eigenvalue weighted by molar-refractivity contribution is 0.133. The van der Waals surface area contributed by atoms with Crippen molar-refractivity contribution in [1.82, 2.24) is 5.32 Å². The lowest BCUT2D eigenvalue weighted by Gasteiger charge is -2.11. The fraction of sp³-hybridized carbons (Fsp3) is 0.533. The molecule has 2 N–H and O–H groups in total. The van der Waals surface area contributed by atoms with Crippen molar-refractivity contribution in [2.75, 3.05) is 25.1 Å². The van der Waals surface area contributed by atoms with Crippen LogP contribution in [-0.4, -0.2) is 24.9 Å². The van der Waals surface area contributed by atoms with Crippen molar-refractivity contribution in [3.63, 3.8) is 0 Å². The zero-order chi connectivity index (χ0) is 14.1. The van der Waals surface area contributed by atoms with Gasteiger partial charge < -0.3 is 15.4 Å². The predicted octanol–water partition coefficient (Wildman–Crippen LogP) is 3.41. The molecule has 106 valence electrons. The summed E-state index contributed by atoms with van der Waals surface area (Å²) in [5, 5.41) is 7.04. The molecule has 1 aromatic carbocycles. The molecular formula is C15H24N2OS. The van der Waals surface area contributed by atoms with Gasteiger partial charge in [-0.25, -0.2) is 0 Å². The van der Waals surface area contributed by atoms with Crippen LogP contribution in [0.25, 0.3) is 0 Å². The van der Waals surface area contributed by atoms with Crippen molar-refractivity contribution in [3.05, 3.63) is 29.3 Å². The maximum atomic E-state index is 5.41. The summed E-state index contributed by atoms with van der Waals surface area (Å²) in [4.78, 5) is 0. The third-order valence-corrected chi connectivity index (χ3v) is 3.11. The Bertz CT molecular complexity index is 407. The largest absolute Gasteiger partial charge is 0.381 e. The first kappa shape index (κ1) is 15.9. The van der Waals surface area contributed by atoms with E-state index in [1.165, 1.54) is 11.1 Å². The van der Waals surface area contributed by atoms with Crippen LogP contribution in [0.1, 0.15) is 30.9 Å². The average Bonchev–Trinajstić information content (AvgIpc) is 2.38. The summed E-state index contributed by atoms with van der Waals surface area (Å²) < 4.78 is 5.41. The van der Waals surface area contributed by atoms with Gasteiger partial charge >= 0.3 is 0 Å². The Labute approximate surface area is 121 Å². The number of hydrogen-bond donors (Lipinski definition) is 2. The topological polar surface area (TPSA) is 33.3 Å². The third kappa shape index (κ3) is 6.55. The van der Waals surface area contributed by atoms with Crippen molar-refractivity contribution in [3.8, 4) is 0 Å². The van der Waals surface area contributed by atoms with Crippen LogP contribution in [0.5, 0.6) is 0 Å². The normalized spacial score (nSPS) is 10.3. The molecule has 0 fully saturated rings. The lowest BCUT2D eigenvalue weighted by atomic mass is 10.1. The van der Waals surface area contributed by atoms with Crippen LogP contribution in [0.4, 0.5) is 5.69 Å². The predicted molar refractivity (Wildman–Crippen MR) is 85.9 cm³/mol. The van der Waals surface area contributed by atoms with E-state index in [4.69, 9.17) is 17.0 Å². The summed E-state index contributed by atoms with van der Waals surface area (Å²) in [6.45, 7) is 8.77. The standard InChI is InChI=1S/C15H24N2OS/c1-4-9-18-10-5-8-16-15(19)17-14-7-6-12(2)13(3)11-14/h6-7,11H,4-5,8-10H2,1-3H3,(H2,16,17,19). The molecule has 1 rings (SSSR count). The Morgan fingerprint density at radius 3 is 2.68 bits per heavy atom. The number of benzene rings is 1. The molecule has 0 saturated heterocycles. The Hall–Kier alpha value is -1.13. The molecule has 4 heteroatoms. The van der Waals surface area contributed by atoms with Gasteiger partial charge in [-0.3, -0.25) is 0 Å². The number of hydrogen-bond acceptors (Lipinski definition) is 2. The van der Waals surface area contributed by atoms with E-state index in [0.717, 1.165) is 38.3 Å². The van der Waals surface area contributed by atoms with Crippen LogP contribution < -0.4 is 10.6 Å². The molecule has 0 amide bonds. The van der Waals surface area contributed by atoms with Gasteiger partial charge in [-0.05, 0) is 62.2 Å². The molecule has 0 atom stereocenters. The number of anilines is 1. The maximum Gasteiger partial charge on any atom is 0.170 e. The number of thiocarbonyl (C=S) groups is 1. The van der Waals surface area contributed by atoms with E-state index >= 15 is 0 Å². The van der Waals surface area contributed by atoms with Crippen molar-refractivity contribution in [2.24, 2.45) is 0 Å². The first-order chi connectivity index (χ1) is 9.13. The van der Waals surface area contributed by atoms with Crippen LogP contribution in [0, 0.1) is 13.8 Å². The number of ether oxygens (including phenoxy) is 1. The van der Waals surface area contributed by atoms with Gasteiger partial charge in [0.05, 0.1) is 0 Å². The molecule has 0 bridgehead atoms. The molecular weight excluding hydrogens is 256 g/mol. The minimum Gasteiger partial charge on any atom is -0.381 e. The quantitative estimate of drug-likeness (QED) is 0.592. The van der Waals surface area contributed by atoms with Gasteiger partial charge in [0.15, 0.2) is 5.11 Å². The summed E-state index contributed by atoms with van der Waals surface area (Å²) in [5.41, 5.74) is 3.58. The highest BCUT2D eigenvalue weighted by Crippen LogP contribution is 2.13. The molecule has 0 aliphatic heterocycles. The molecule has 0 aliphatic rings. The van der Waals surface area contributed by atoms with Gasteiger partial charge in [0.1, 0.15) is 0 Å². The zero-order valence-electron chi connectivity index (χ0n) is 12.1. The van der Waals surface area contributed by atoms with E-state index in [1.54, 1.807) is 0 Å². The molecule has 0 saturated carbocycles. The van der Waals surface area contributed by atoms with Crippen molar-refractivity contribution in [2.45, 2.75) is 33.6 Å². The van der Waals surface area contributed by atoms with Gasteiger partial charge in [-0.2, -0.15) is 0 Å². The highest BCUT2D eigenvalue weighted by atomic mass is 32.1. The minimum atomic E-state index is 0.666. The molecule has 19 heavy (non-hydrogen) atoms. The van der Waals surface area contributed by atoms with Gasteiger partial charge in [-0.15, -0.1) is 0 Å². The van der Waals surface area contributed by atoms with Gasteiger partial charge in [0.2, 0.25) is 0 Å². The Morgan fingerprint density at radius 1 is 1.21 bits per heavy atom. The lowest BCUT2D eigenvalue weighted by Crippen LogP contribution is -2.29. The molecule has 1 aromatic rings. The molecule has 0 spiro atoms. The monoisotopic (exact) mass is 280 g/mol. The third-order valence-electron chi connectivity index (χ3n) is 2.86. The van der Waals surface area contributed by atoms with E-state index in [-0.39, 0.29) is 0 Å². The summed E-state index contributed by atoms with van der Waals surface area (Å²) in [6, 6.07) is 6.24. The summed E-state index contributed by atoms with van der Waals surface area (Å²) in [6.07, 6.45) is 2.04. The van der Waals surface area contributed by atoms with E-state index in [1.807, 2.05) is 6.07 Å². The molecule has 0 unspecified atom stereocenters. The van der Waals surface area contributed by atoms with Crippen molar-refractivity contribution >= 4 is 23.0 Å². The van der Waals surface area contributed by atoms with Crippen LogP contribution in [0.3, 0.4) is 0 Å². The number of rotatable bonds is 7. The Morgan fingerprint density at radius 2 is 2.00 bits per heavy atom. The van der Waals surface area contributed by atoms with Crippen molar-refractivity contribution < 1.29 is 4.74 Å². The van der Waals surface area contributed by atoms with Gasteiger partial charge in [0, 0.05) is 25.4 Å². The Kier molecular flexibility index (Phi) is 7.45. The van der Waals surface area contributed by atoms with Crippen molar-refractivity contribution in [1.29, 1.82) is 0 Å². The minimum absolute atomic E-state index is 0.666. The summed E-state index contributed by atoms with van der Waals surface area (Å²) in [5.74, 6) is 0. The second-order valence-corrected chi connectivity index (χ2v) is 5.05. The first-order valence-electron chi connectivity index (χ1n) is 6.83. The van der Waals surface area contributed by atoms with Gasteiger partial charge in [-0.1, -0.05) is 13.0 Å². The summed E-state index contributed by atoms with van der Waals surface area (Å²) >= 11 is 5.25. The molecule has 0 aromatic heterocycles. The SMILES string of the molecule is CCCOCCCNC(=S)Nc1ccc(C)c(C)c1. The molecule has 0 heterocycles. The molecule has 3 nitrogen and oxygen atoms in total. The van der Waals surface area contributed by atoms with Crippen LogP contribution in [0.2, 0.25) is 0 Å². The van der Waals surface area contributed by atoms with E-state index in [2.05, 4.69) is 43.5 Å². The molecule has 0 aliphatic carbocycles. The van der Waals surface area contributed by atoms with Gasteiger partial charge in [0.25, 0.3) is 0 Å². The number of nitrogens with one attached hydrogen (secondary N) is 2. The fourth-order valence-corrected chi connectivity index (χ4v) is 1.84. The van der Waals surface area contributed by atoms with E-state index < -0.39 is 0 Å². The van der Waals surface area contributed by atoms with E-state index in [9.17, 15) is 0 Å². The fourth-order valence-electron chi connectivity index (χ4n) is 1.62.